The van der Waals surface area contributed by atoms with Crippen molar-refractivity contribution in [2.45, 2.75) is 20.3 Å². The maximum absolute atomic E-state index is 13.5. The minimum Gasteiger partial charge on any atom is -0.394 e. The van der Waals surface area contributed by atoms with E-state index in [0.717, 1.165) is 11.4 Å². The van der Waals surface area contributed by atoms with Gasteiger partial charge < -0.3 is 19.7 Å². The van der Waals surface area contributed by atoms with E-state index in [-0.39, 0.29) is 18.3 Å². The van der Waals surface area contributed by atoms with Crippen molar-refractivity contribution in [2.75, 3.05) is 26.4 Å². The number of benzene rings is 1. The Morgan fingerprint density at radius 2 is 2.08 bits per heavy atom. The highest BCUT2D eigenvalue weighted by molar-refractivity contribution is 5.95. The number of aryl methyl sites for hydroxylation is 1. The number of aromatic nitrogens is 1. The standard InChI is InChI=1S/C18H23FN2O3/c1-13-11-17(18(23)20-7-4-9-24-10-8-22)14(2)21(13)16-6-3-5-15(19)12-16/h3,5-6,11-12,22H,4,7-10H2,1-2H3,(H,20,23). The average molecular weight is 334 g/mol. The molecule has 0 spiro atoms. The second-order valence-electron chi connectivity index (χ2n) is 5.55. The number of carbonyl (C=O) groups is 1. The summed E-state index contributed by atoms with van der Waals surface area (Å²) in [5.41, 5.74) is 2.91. The van der Waals surface area contributed by atoms with Gasteiger partial charge in [0, 0.05) is 30.2 Å². The second-order valence-corrected chi connectivity index (χ2v) is 5.55. The Balaban J connectivity index is 2.04. The van der Waals surface area contributed by atoms with Crippen LogP contribution in [0.5, 0.6) is 0 Å². The van der Waals surface area contributed by atoms with Crippen molar-refractivity contribution < 1.29 is 19.0 Å². The Morgan fingerprint density at radius 1 is 1.29 bits per heavy atom. The first-order valence-electron chi connectivity index (χ1n) is 7.96. The van der Waals surface area contributed by atoms with Crippen LogP contribution < -0.4 is 5.32 Å². The first kappa shape index (κ1) is 18.2. The highest BCUT2D eigenvalue weighted by Crippen LogP contribution is 2.21. The summed E-state index contributed by atoms with van der Waals surface area (Å²) >= 11 is 0. The summed E-state index contributed by atoms with van der Waals surface area (Å²) in [5.74, 6) is -0.471. The Kier molecular flexibility index (Phi) is 6.52. The van der Waals surface area contributed by atoms with Gasteiger partial charge in [-0.2, -0.15) is 0 Å². The van der Waals surface area contributed by atoms with Crippen LogP contribution in [-0.4, -0.2) is 41.9 Å². The summed E-state index contributed by atoms with van der Waals surface area (Å²) in [6.45, 7) is 5.02. The molecule has 24 heavy (non-hydrogen) atoms. The molecule has 0 radical (unpaired) electrons. The van der Waals surface area contributed by atoms with E-state index < -0.39 is 0 Å². The number of nitrogens with one attached hydrogen (secondary N) is 1. The number of amides is 1. The van der Waals surface area contributed by atoms with E-state index in [1.54, 1.807) is 12.1 Å². The molecule has 0 aliphatic heterocycles. The van der Waals surface area contributed by atoms with Crippen molar-refractivity contribution in [3.05, 3.63) is 53.1 Å². The van der Waals surface area contributed by atoms with E-state index in [1.165, 1.54) is 12.1 Å². The van der Waals surface area contributed by atoms with Crippen molar-refractivity contribution in [2.24, 2.45) is 0 Å². The van der Waals surface area contributed by atoms with Crippen LogP contribution >= 0.6 is 0 Å². The molecule has 2 aromatic rings. The first-order chi connectivity index (χ1) is 11.5. The lowest BCUT2D eigenvalue weighted by molar-refractivity contribution is 0.0867. The third kappa shape index (κ3) is 4.43. The normalized spacial score (nSPS) is 10.8. The first-order valence-corrected chi connectivity index (χ1v) is 7.96. The molecule has 0 fully saturated rings. The van der Waals surface area contributed by atoms with E-state index in [9.17, 15) is 9.18 Å². The molecule has 1 aromatic heterocycles. The van der Waals surface area contributed by atoms with Gasteiger partial charge in [0.25, 0.3) is 5.91 Å². The summed E-state index contributed by atoms with van der Waals surface area (Å²) in [6.07, 6.45) is 0.675. The van der Waals surface area contributed by atoms with Gasteiger partial charge in [-0.3, -0.25) is 4.79 Å². The molecule has 0 saturated carbocycles. The molecule has 2 rings (SSSR count). The van der Waals surface area contributed by atoms with Crippen LogP contribution in [0.25, 0.3) is 5.69 Å². The number of hydrogen-bond donors (Lipinski definition) is 2. The average Bonchev–Trinajstić information content (AvgIpc) is 2.85. The highest BCUT2D eigenvalue weighted by atomic mass is 19.1. The lowest BCUT2D eigenvalue weighted by atomic mass is 10.2. The SMILES string of the molecule is Cc1cc(C(=O)NCCCOCCO)c(C)n1-c1cccc(F)c1. The predicted octanol–water partition coefficient (Wildman–Crippen LogP) is 2.36. The molecule has 1 amide bonds. The molecular weight excluding hydrogens is 311 g/mol. The van der Waals surface area contributed by atoms with Crippen LogP contribution in [0.3, 0.4) is 0 Å². The van der Waals surface area contributed by atoms with Crippen LogP contribution in [0.4, 0.5) is 4.39 Å². The molecule has 0 bridgehead atoms. The van der Waals surface area contributed by atoms with Gasteiger partial charge in [0.2, 0.25) is 0 Å². The van der Waals surface area contributed by atoms with Gasteiger partial charge in [-0.05, 0) is 44.5 Å². The quantitative estimate of drug-likeness (QED) is 0.729. The Morgan fingerprint density at radius 3 is 2.79 bits per heavy atom. The molecular formula is C18H23FN2O3. The molecule has 2 N–H and O–H groups in total. The summed E-state index contributed by atoms with van der Waals surface area (Å²) < 4.78 is 20.5. The molecule has 0 aliphatic carbocycles. The summed E-state index contributed by atoms with van der Waals surface area (Å²) in [4.78, 5) is 12.3. The van der Waals surface area contributed by atoms with Crippen molar-refractivity contribution in [3.63, 3.8) is 0 Å². The number of rotatable bonds is 8. The second kappa shape index (κ2) is 8.61. The lowest BCUT2D eigenvalue weighted by Gasteiger charge is -2.10. The lowest BCUT2D eigenvalue weighted by Crippen LogP contribution is -2.25. The van der Waals surface area contributed by atoms with Gasteiger partial charge in [-0.1, -0.05) is 6.07 Å². The van der Waals surface area contributed by atoms with Gasteiger partial charge in [0.15, 0.2) is 0 Å². The third-order valence-corrected chi connectivity index (χ3v) is 3.73. The van der Waals surface area contributed by atoms with Crippen LogP contribution in [-0.2, 0) is 4.74 Å². The minimum absolute atomic E-state index is 0.00156. The maximum Gasteiger partial charge on any atom is 0.253 e. The fourth-order valence-corrected chi connectivity index (χ4v) is 2.64. The summed E-state index contributed by atoms with van der Waals surface area (Å²) in [6, 6.07) is 8.10. The summed E-state index contributed by atoms with van der Waals surface area (Å²) in [7, 11) is 0. The zero-order valence-electron chi connectivity index (χ0n) is 14.0. The Bertz CT molecular complexity index is 698. The third-order valence-electron chi connectivity index (χ3n) is 3.73. The zero-order chi connectivity index (χ0) is 17.5. The van der Waals surface area contributed by atoms with Gasteiger partial charge in [0.1, 0.15) is 5.82 Å². The minimum atomic E-state index is -0.311. The number of aliphatic hydroxyl groups excluding tert-OH is 1. The van der Waals surface area contributed by atoms with Crippen molar-refractivity contribution in [1.82, 2.24) is 9.88 Å². The molecule has 0 atom stereocenters. The number of aliphatic hydroxyl groups is 1. The topological polar surface area (TPSA) is 63.5 Å². The Labute approximate surface area is 141 Å². The van der Waals surface area contributed by atoms with E-state index in [0.29, 0.717) is 37.4 Å². The van der Waals surface area contributed by atoms with Gasteiger partial charge in [-0.15, -0.1) is 0 Å². The maximum atomic E-state index is 13.5. The van der Waals surface area contributed by atoms with Crippen LogP contribution in [0.2, 0.25) is 0 Å². The number of ether oxygens (including phenoxy) is 1. The monoisotopic (exact) mass is 334 g/mol. The fourth-order valence-electron chi connectivity index (χ4n) is 2.64. The smallest absolute Gasteiger partial charge is 0.253 e. The molecule has 0 saturated heterocycles. The van der Waals surface area contributed by atoms with Crippen molar-refractivity contribution >= 4 is 5.91 Å². The molecule has 1 aromatic carbocycles. The molecule has 130 valence electrons. The van der Waals surface area contributed by atoms with E-state index in [4.69, 9.17) is 9.84 Å². The van der Waals surface area contributed by atoms with Gasteiger partial charge >= 0.3 is 0 Å². The molecule has 6 heteroatoms. The van der Waals surface area contributed by atoms with E-state index in [1.807, 2.05) is 24.5 Å². The molecule has 0 aliphatic rings. The summed E-state index contributed by atoms with van der Waals surface area (Å²) in [5, 5.41) is 11.5. The highest BCUT2D eigenvalue weighted by Gasteiger charge is 2.16. The fraction of sp³-hybridized carbons (Fsp3) is 0.389. The van der Waals surface area contributed by atoms with E-state index >= 15 is 0 Å². The molecule has 1 heterocycles. The van der Waals surface area contributed by atoms with Gasteiger partial charge in [0.05, 0.1) is 18.8 Å². The van der Waals surface area contributed by atoms with Crippen LogP contribution in [0.1, 0.15) is 28.2 Å². The largest absolute Gasteiger partial charge is 0.394 e. The van der Waals surface area contributed by atoms with Crippen molar-refractivity contribution in [1.29, 1.82) is 0 Å². The number of hydrogen-bond acceptors (Lipinski definition) is 3. The number of halogens is 1. The van der Waals surface area contributed by atoms with Crippen molar-refractivity contribution in [3.8, 4) is 5.69 Å². The predicted molar refractivity (Wildman–Crippen MR) is 90.1 cm³/mol. The zero-order valence-corrected chi connectivity index (χ0v) is 14.0. The van der Waals surface area contributed by atoms with E-state index in [2.05, 4.69) is 5.32 Å². The number of carbonyl (C=O) groups excluding carboxylic acids is 1. The Hall–Kier alpha value is -2.18. The van der Waals surface area contributed by atoms with Crippen LogP contribution in [0, 0.1) is 19.7 Å². The molecule has 0 unspecified atom stereocenters. The number of nitrogens with zero attached hydrogens (tertiary/aromatic N) is 1. The van der Waals surface area contributed by atoms with Gasteiger partial charge in [-0.25, -0.2) is 4.39 Å². The molecule has 5 nitrogen and oxygen atoms in total. The van der Waals surface area contributed by atoms with Crippen LogP contribution in [0.15, 0.2) is 30.3 Å².